The van der Waals surface area contributed by atoms with E-state index in [1.54, 1.807) is 0 Å². The summed E-state index contributed by atoms with van der Waals surface area (Å²) >= 11 is 0. The zero-order chi connectivity index (χ0) is 20.2. The van der Waals surface area contributed by atoms with Gasteiger partial charge in [0.05, 0.1) is 29.2 Å². The van der Waals surface area contributed by atoms with Gasteiger partial charge in [-0.25, -0.2) is 8.78 Å². The number of fused-ring (bicyclic) bond motifs is 1. The molecular formula is C19H13F5N2O2. The minimum Gasteiger partial charge on any atom is -0.481 e. The van der Waals surface area contributed by atoms with Gasteiger partial charge < -0.3 is 5.11 Å². The van der Waals surface area contributed by atoms with E-state index < -0.39 is 41.2 Å². The molecule has 2 aromatic carbocycles. The molecule has 4 nitrogen and oxygen atoms in total. The monoisotopic (exact) mass is 396 g/mol. The lowest BCUT2D eigenvalue weighted by Gasteiger charge is -2.08. The van der Waals surface area contributed by atoms with Crippen molar-refractivity contribution in [1.29, 1.82) is 0 Å². The summed E-state index contributed by atoms with van der Waals surface area (Å²) in [5.74, 6) is -3.79. The predicted molar refractivity (Wildman–Crippen MR) is 88.7 cm³/mol. The Morgan fingerprint density at radius 2 is 1.93 bits per heavy atom. The summed E-state index contributed by atoms with van der Waals surface area (Å²) < 4.78 is 67.7. The highest BCUT2D eigenvalue weighted by Crippen LogP contribution is 2.49. The quantitative estimate of drug-likeness (QED) is 0.658. The van der Waals surface area contributed by atoms with Gasteiger partial charge >= 0.3 is 12.1 Å². The van der Waals surface area contributed by atoms with Crippen LogP contribution in [0.5, 0.6) is 0 Å². The second-order valence-corrected chi connectivity index (χ2v) is 6.80. The SMILES string of the molecule is O=C(O)C1CC1c1nn(Cc2ccc(F)cc2F)c2ccc(C(F)(F)F)cc12. The van der Waals surface area contributed by atoms with Gasteiger partial charge in [-0.05, 0) is 30.7 Å². The molecule has 0 spiro atoms. The molecule has 1 fully saturated rings. The maximum Gasteiger partial charge on any atom is 0.416 e. The van der Waals surface area contributed by atoms with Crippen molar-refractivity contribution in [2.75, 3.05) is 0 Å². The lowest BCUT2D eigenvalue weighted by Crippen LogP contribution is -2.06. The Morgan fingerprint density at radius 1 is 1.18 bits per heavy atom. The van der Waals surface area contributed by atoms with Gasteiger partial charge in [-0.2, -0.15) is 18.3 Å². The van der Waals surface area contributed by atoms with Crippen molar-refractivity contribution in [3.05, 3.63) is 64.9 Å². The molecule has 28 heavy (non-hydrogen) atoms. The normalized spacial score (nSPS) is 19.2. The second kappa shape index (κ2) is 6.29. The number of rotatable bonds is 4. The van der Waals surface area contributed by atoms with Gasteiger partial charge in [-0.15, -0.1) is 0 Å². The van der Waals surface area contributed by atoms with Crippen molar-refractivity contribution in [3.63, 3.8) is 0 Å². The van der Waals surface area contributed by atoms with Crippen LogP contribution in [0, 0.1) is 17.6 Å². The number of carboxylic acids is 1. The van der Waals surface area contributed by atoms with E-state index in [0.29, 0.717) is 11.6 Å². The Balaban J connectivity index is 1.81. The lowest BCUT2D eigenvalue weighted by atomic mass is 10.1. The van der Waals surface area contributed by atoms with E-state index in [1.807, 2.05) is 0 Å². The Kier molecular flexibility index (Phi) is 4.13. The molecular weight excluding hydrogens is 383 g/mol. The minimum atomic E-state index is -4.56. The van der Waals surface area contributed by atoms with Gasteiger partial charge in [-0.3, -0.25) is 9.48 Å². The fraction of sp³-hybridized carbons (Fsp3) is 0.263. The van der Waals surface area contributed by atoms with Crippen LogP contribution < -0.4 is 0 Å². The van der Waals surface area contributed by atoms with E-state index in [4.69, 9.17) is 5.11 Å². The predicted octanol–water partition coefficient (Wildman–Crippen LogP) is 4.57. The number of benzene rings is 2. The molecule has 2 unspecified atom stereocenters. The molecule has 1 saturated carbocycles. The number of carboxylic acid groups (broad SMARTS) is 1. The van der Waals surface area contributed by atoms with Crippen molar-refractivity contribution < 1.29 is 31.9 Å². The number of alkyl halides is 3. The molecule has 0 aliphatic heterocycles. The molecule has 0 bridgehead atoms. The topological polar surface area (TPSA) is 55.1 Å². The van der Waals surface area contributed by atoms with Crippen molar-refractivity contribution >= 4 is 16.9 Å². The number of hydrogen-bond acceptors (Lipinski definition) is 2. The van der Waals surface area contributed by atoms with Crippen LogP contribution in [-0.4, -0.2) is 20.9 Å². The van der Waals surface area contributed by atoms with Crippen molar-refractivity contribution in [2.24, 2.45) is 5.92 Å². The van der Waals surface area contributed by atoms with E-state index in [-0.39, 0.29) is 29.6 Å². The van der Waals surface area contributed by atoms with Crippen LogP contribution in [0.15, 0.2) is 36.4 Å². The molecule has 0 saturated heterocycles. The van der Waals surface area contributed by atoms with E-state index in [2.05, 4.69) is 5.10 Å². The van der Waals surface area contributed by atoms with E-state index in [0.717, 1.165) is 18.2 Å². The largest absolute Gasteiger partial charge is 0.481 e. The first kappa shape index (κ1) is 18.4. The Bertz CT molecular complexity index is 1090. The van der Waals surface area contributed by atoms with Crippen LogP contribution in [0.25, 0.3) is 10.9 Å². The molecule has 3 aromatic rings. The zero-order valence-electron chi connectivity index (χ0n) is 14.2. The van der Waals surface area contributed by atoms with Crippen LogP contribution in [0.4, 0.5) is 22.0 Å². The first-order valence-electron chi connectivity index (χ1n) is 8.39. The Hall–Kier alpha value is -2.97. The number of nitrogens with zero attached hydrogens (tertiary/aromatic N) is 2. The summed E-state index contributed by atoms with van der Waals surface area (Å²) in [6, 6.07) is 6.09. The van der Waals surface area contributed by atoms with Gasteiger partial charge in [0.15, 0.2) is 0 Å². The van der Waals surface area contributed by atoms with Gasteiger partial charge in [0.1, 0.15) is 11.6 Å². The average molecular weight is 396 g/mol. The zero-order valence-corrected chi connectivity index (χ0v) is 14.2. The molecule has 1 aromatic heterocycles. The van der Waals surface area contributed by atoms with Crippen LogP contribution >= 0.6 is 0 Å². The highest BCUT2D eigenvalue weighted by Gasteiger charge is 2.47. The second-order valence-electron chi connectivity index (χ2n) is 6.80. The number of aliphatic carboxylic acids is 1. The van der Waals surface area contributed by atoms with Crippen molar-refractivity contribution in [3.8, 4) is 0 Å². The number of carbonyl (C=O) groups is 1. The first-order valence-corrected chi connectivity index (χ1v) is 8.39. The lowest BCUT2D eigenvalue weighted by molar-refractivity contribution is -0.139. The molecule has 1 aliphatic rings. The third-order valence-corrected chi connectivity index (χ3v) is 4.90. The van der Waals surface area contributed by atoms with Gasteiger partial charge in [0, 0.05) is 22.9 Å². The summed E-state index contributed by atoms with van der Waals surface area (Å²) in [5.41, 5.74) is -0.192. The van der Waals surface area contributed by atoms with Gasteiger partial charge in [-0.1, -0.05) is 6.07 Å². The van der Waals surface area contributed by atoms with Crippen LogP contribution in [0.3, 0.4) is 0 Å². The summed E-state index contributed by atoms with van der Waals surface area (Å²) in [7, 11) is 0. The van der Waals surface area contributed by atoms with Crippen molar-refractivity contribution in [1.82, 2.24) is 9.78 Å². The molecule has 9 heteroatoms. The third kappa shape index (κ3) is 3.21. The maximum absolute atomic E-state index is 14.0. The van der Waals surface area contributed by atoms with Crippen LogP contribution in [0.1, 0.15) is 29.2 Å². The van der Waals surface area contributed by atoms with E-state index in [9.17, 15) is 26.7 Å². The molecule has 0 radical (unpaired) electrons. The number of aromatic nitrogens is 2. The molecule has 0 amide bonds. The molecule has 2 atom stereocenters. The average Bonchev–Trinajstić information content (AvgIpc) is 3.33. The minimum absolute atomic E-state index is 0.114. The van der Waals surface area contributed by atoms with E-state index in [1.165, 1.54) is 16.8 Å². The number of halogens is 5. The van der Waals surface area contributed by atoms with Crippen LogP contribution in [0.2, 0.25) is 0 Å². The molecule has 1 aliphatic carbocycles. The highest BCUT2D eigenvalue weighted by atomic mass is 19.4. The van der Waals surface area contributed by atoms with Crippen LogP contribution in [-0.2, 0) is 17.5 Å². The summed E-state index contributed by atoms with van der Waals surface area (Å²) in [6.07, 6.45) is -4.28. The summed E-state index contributed by atoms with van der Waals surface area (Å²) in [4.78, 5) is 11.2. The number of hydrogen-bond donors (Lipinski definition) is 1. The van der Waals surface area contributed by atoms with Gasteiger partial charge in [0.2, 0.25) is 0 Å². The summed E-state index contributed by atoms with van der Waals surface area (Å²) in [5, 5.41) is 13.6. The first-order chi connectivity index (χ1) is 13.1. The maximum atomic E-state index is 14.0. The van der Waals surface area contributed by atoms with Gasteiger partial charge in [0.25, 0.3) is 0 Å². The summed E-state index contributed by atoms with van der Waals surface area (Å²) in [6.45, 7) is -0.127. The Labute approximate surface area is 155 Å². The van der Waals surface area contributed by atoms with Crippen molar-refractivity contribution in [2.45, 2.75) is 25.1 Å². The molecule has 1 heterocycles. The molecule has 4 rings (SSSR count). The third-order valence-electron chi connectivity index (χ3n) is 4.90. The van der Waals surface area contributed by atoms with E-state index >= 15 is 0 Å². The standard InChI is InChI=1S/C19H13F5N2O2/c20-11-3-1-9(15(21)6-11)8-26-16-4-2-10(19(22,23)24)5-14(16)17(25-26)12-7-13(12)18(27)28/h1-6,12-13H,7-8H2,(H,27,28). The smallest absolute Gasteiger partial charge is 0.416 e. The fourth-order valence-corrected chi connectivity index (χ4v) is 3.36. The molecule has 146 valence electrons. The molecule has 1 N–H and O–H groups in total. The highest BCUT2D eigenvalue weighted by molar-refractivity contribution is 5.86. The Morgan fingerprint density at radius 3 is 2.54 bits per heavy atom. The fourth-order valence-electron chi connectivity index (χ4n) is 3.36.